The standard InChI is InChI=1S/6FH.2H2O.Sb/h6*1H;2*1H2;. The SMILES string of the molecule is F.F.F.F.F.F.O.O.[Sb]. The predicted octanol–water partition coefficient (Wildman–Crippen LogP) is -1.12. The van der Waals surface area contributed by atoms with Gasteiger partial charge < -0.3 is 11.0 Å². The van der Waals surface area contributed by atoms with E-state index >= 15 is 0 Å². The Bertz CT molecular complexity index is 11.0. The van der Waals surface area contributed by atoms with E-state index in [1.807, 2.05) is 0 Å². The second kappa shape index (κ2) is 4400. The molecule has 0 rings (SSSR count). The van der Waals surface area contributed by atoms with Gasteiger partial charge in [0.25, 0.3) is 0 Å². The molecule has 0 unspecified atom stereocenters. The first-order valence-electron chi connectivity index (χ1n) is 0. The monoisotopic (exact) mass is 277 g/mol. The fourth-order valence-corrected chi connectivity index (χ4v) is 0. The molecule has 3 radical (unpaired) electrons. The number of rotatable bonds is 0. The number of hydrogen-bond acceptors (Lipinski definition) is 0. The van der Waals surface area contributed by atoms with Crippen LogP contribution in [0.3, 0.4) is 0 Å². The molecular formula is H10F6O2Sb. The molecule has 0 aliphatic rings. The molecule has 0 spiro atoms. The largest absolute Gasteiger partial charge is 0.412 e. The Hall–Kier alpha value is 0.318. The van der Waals surface area contributed by atoms with Crippen LogP contribution >= 0.6 is 0 Å². The third-order valence-corrected chi connectivity index (χ3v) is 0. The molecule has 0 aromatic heterocycles. The molecule has 0 saturated carbocycles. The minimum absolute atomic E-state index is 0. The van der Waals surface area contributed by atoms with E-state index < -0.39 is 0 Å². The molecule has 4 N–H and O–H groups in total. The van der Waals surface area contributed by atoms with Crippen LogP contribution < -0.4 is 0 Å². The molecule has 0 atom stereocenters. The molecule has 0 bridgehead atoms. The van der Waals surface area contributed by atoms with Crippen LogP contribution in [0.2, 0.25) is 0 Å². The average molecular weight is 278 g/mol. The Balaban J connectivity index is 0. The van der Waals surface area contributed by atoms with Crippen LogP contribution in [-0.4, -0.2) is 35.4 Å². The van der Waals surface area contributed by atoms with Gasteiger partial charge in [0.1, 0.15) is 0 Å². The van der Waals surface area contributed by atoms with Gasteiger partial charge in [-0.1, -0.05) is 0 Å². The van der Waals surface area contributed by atoms with Gasteiger partial charge in [0.15, 0.2) is 0 Å². The molecular weight excluding hydrogens is 268 g/mol. The van der Waals surface area contributed by atoms with Gasteiger partial charge in [-0.3, -0.25) is 28.2 Å². The average Bonchev–Trinajstić information content (AvgIpc) is 0. The van der Waals surface area contributed by atoms with Gasteiger partial charge >= 0.3 is 0 Å². The number of halogens is 6. The van der Waals surface area contributed by atoms with E-state index in [4.69, 9.17) is 0 Å². The van der Waals surface area contributed by atoms with Gasteiger partial charge in [0.2, 0.25) is 0 Å². The van der Waals surface area contributed by atoms with Crippen LogP contribution in [-0.2, 0) is 0 Å². The fourth-order valence-electron chi connectivity index (χ4n) is 0. The zero-order chi connectivity index (χ0) is 0. The van der Waals surface area contributed by atoms with Crippen molar-refractivity contribution in [2.24, 2.45) is 0 Å². The minimum Gasteiger partial charge on any atom is -0.412 e. The van der Waals surface area contributed by atoms with Crippen molar-refractivity contribution in [3.63, 3.8) is 0 Å². The van der Waals surface area contributed by atoms with E-state index in [9.17, 15) is 0 Å². The van der Waals surface area contributed by atoms with Crippen molar-refractivity contribution >= 4 is 24.4 Å². The second-order valence-electron chi connectivity index (χ2n) is 0. The fraction of sp³-hybridized carbons (Fsp3) is 0. The van der Waals surface area contributed by atoms with Crippen molar-refractivity contribution < 1.29 is 39.2 Å². The molecule has 9 heavy (non-hydrogen) atoms. The van der Waals surface area contributed by atoms with Crippen molar-refractivity contribution in [3.05, 3.63) is 0 Å². The molecule has 0 heterocycles. The minimum atomic E-state index is 0. The van der Waals surface area contributed by atoms with Gasteiger partial charge in [0.05, 0.1) is 0 Å². The van der Waals surface area contributed by atoms with Gasteiger partial charge in [-0.25, -0.2) is 0 Å². The molecule has 0 aliphatic carbocycles. The zero-order valence-corrected chi connectivity index (χ0v) is 6.45. The van der Waals surface area contributed by atoms with Crippen molar-refractivity contribution in [3.8, 4) is 0 Å². The summed E-state index contributed by atoms with van der Waals surface area (Å²) in [6.45, 7) is 0. The quantitative estimate of drug-likeness (QED) is 0.398. The smallest absolute Gasteiger partial charge is 0 e. The first-order chi connectivity index (χ1) is 0. The predicted molar refractivity (Wildman–Crippen MR) is 28.0 cm³/mol. The summed E-state index contributed by atoms with van der Waals surface area (Å²) in [7, 11) is 0. The summed E-state index contributed by atoms with van der Waals surface area (Å²) in [6.07, 6.45) is 0. The summed E-state index contributed by atoms with van der Waals surface area (Å²) < 4.78 is 0. The van der Waals surface area contributed by atoms with E-state index in [1.165, 1.54) is 0 Å². The second-order valence-corrected chi connectivity index (χ2v) is 0. The van der Waals surface area contributed by atoms with E-state index in [0.717, 1.165) is 0 Å². The van der Waals surface area contributed by atoms with Crippen molar-refractivity contribution in [1.82, 2.24) is 0 Å². The van der Waals surface area contributed by atoms with Gasteiger partial charge in [-0.05, 0) is 0 Å². The van der Waals surface area contributed by atoms with Crippen LogP contribution in [0.5, 0.6) is 0 Å². The van der Waals surface area contributed by atoms with E-state index in [-0.39, 0.29) is 63.6 Å². The molecule has 2 nitrogen and oxygen atoms in total. The van der Waals surface area contributed by atoms with E-state index in [0.29, 0.717) is 0 Å². The maximum absolute atomic E-state index is 0. The van der Waals surface area contributed by atoms with E-state index in [1.54, 1.807) is 0 Å². The van der Waals surface area contributed by atoms with Crippen LogP contribution in [0, 0.1) is 0 Å². The molecule has 0 aliphatic heterocycles. The third kappa shape index (κ3) is 3280. The Morgan fingerprint density at radius 1 is 0.333 bits per heavy atom. The first-order valence-corrected chi connectivity index (χ1v) is 0. The van der Waals surface area contributed by atoms with Crippen LogP contribution in [0.25, 0.3) is 0 Å². The molecule has 0 fully saturated rings. The van der Waals surface area contributed by atoms with Crippen LogP contribution in [0.4, 0.5) is 28.2 Å². The Morgan fingerprint density at radius 3 is 0.333 bits per heavy atom. The van der Waals surface area contributed by atoms with Crippen LogP contribution in [0.1, 0.15) is 0 Å². The Morgan fingerprint density at radius 2 is 0.333 bits per heavy atom. The van der Waals surface area contributed by atoms with Crippen LogP contribution in [0.15, 0.2) is 0 Å². The van der Waals surface area contributed by atoms with Crippen molar-refractivity contribution in [2.75, 3.05) is 0 Å². The van der Waals surface area contributed by atoms with Gasteiger partial charge in [-0.2, -0.15) is 0 Å². The summed E-state index contributed by atoms with van der Waals surface area (Å²) in [5.41, 5.74) is 0. The summed E-state index contributed by atoms with van der Waals surface area (Å²) in [4.78, 5) is 0. The molecule has 9 heteroatoms. The molecule has 0 amide bonds. The Kier molecular flexibility index (Phi) is 3110000. The van der Waals surface area contributed by atoms with Gasteiger partial charge in [-0.15, -0.1) is 0 Å². The molecule has 0 saturated heterocycles. The summed E-state index contributed by atoms with van der Waals surface area (Å²) in [6, 6.07) is 0. The number of hydrogen-bond donors (Lipinski definition) is 0. The maximum atomic E-state index is 0. The molecule has 0 aromatic rings. The summed E-state index contributed by atoms with van der Waals surface area (Å²) >= 11 is 0. The zero-order valence-electron chi connectivity index (χ0n) is 3.90. The first kappa shape index (κ1) is 6370. The molecule has 0 aromatic carbocycles. The van der Waals surface area contributed by atoms with Gasteiger partial charge in [0, 0.05) is 24.4 Å². The third-order valence-electron chi connectivity index (χ3n) is 0. The van der Waals surface area contributed by atoms with Crippen molar-refractivity contribution in [2.45, 2.75) is 0 Å². The van der Waals surface area contributed by atoms with E-state index in [2.05, 4.69) is 0 Å². The molecule has 69 valence electrons. The summed E-state index contributed by atoms with van der Waals surface area (Å²) in [5, 5.41) is 0. The topological polar surface area (TPSA) is 63.0 Å². The maximum Gasteiger partial charge on any atom is 0 e. The summed E-state index contributed by atoms with van der Waals surface area (Å²) in [5.74, 6) is 0. The normalized spacial score (nSPS) is 0. The Labute approximate surface area is 64.3 Å². The van der Waals surface area contributed by atoms with Crippen molar-refractivity contribution in [1.29, 1.82) is 0 Å².